The molecule has 410 valence electrons. The van der Waals surface area contributed by atoms with Crippen molar-refractivity contribution < 1.29 is 115 Å². The fraction of sp³-hybridized carbons (Fsp3) is 0.184. The summed E-state index contributed by atoms with van der Waals surface area (Å²) in [6.45, 7) is 0.629. The quantitative estimate of drug-likeness (QED) is 0.0965. The molecule has 28 heteroatoms. The number of pyridine rings is 1. The SMILES string of the molecule is FC(F)(F)c1cc([B-](c2cc(C(F)(F)F)cc(C(F)(F)F)c2)(c2cc(C(F)(F)F)cc(C(F)(F)F)c2)c2cc(C(F)(F)F)cc(C(F)(F)F)c2)cc(C(F)(F)F)c1.NC(=O)c1cc2ccccc2c[n+]1Cc1ccccc1. The van der Waals surface area contributed by atoms with Gasteiger partial charge in [0.1, 0.15) is 6.15 Å². The van der Waals surface area contributed by atoms with Crippen molar-refractivity contribution in [3.05, 3.63) is 195 Å². The molecule has 0 aliphatic rings. The molecule has 77 heavy (non-hydrogen) atoms. The molecule has 0 radical (unpaired) electrons. The number of fused-ring (bicyclic) bond motifs is 1. The third-order valence-electron chi connectivity index (χ3n) is 11.8. The first kappa shape index (κ1) is 58.8. The Morgan fingerprint density at radius 3 is 0.844 bits per heavy atom. The van der Waals surface area contributed by atoms with Crippen LogP contribution in [0.5, 0.6) is 0 Å². The van der Waals surface area contributed by atoms with Crippen molar-refractivity contribution in [1.29, 1.82) is 0 Å². The molecule has 0 spiro atoms. The smallest absolute Gasteiger partial charge is 0.360 e. The molecule has 1 heterocycles. The van der Waals surface area contributed by atoms with Crippen molar-refractivity contribution in [2.75, 3.05) is 0 Å². The van der Waals surface area contributed by atoms with Crippen molar-refractivity contribution >= 4 is 44.7 Å². The van der Waals surface area contributed by atoms with Crippen LogP contribution in [-0.2, 0) is 56.0 Å². The van der Waals surface area contributed by atoms with Crippen molar-refractivity contribution in [1.82, 2.24) is 0 Å². The van der Waals surface area contributed by atoms with Gasteiger partial charge in [-0.15, -0.1) is 0 Å². The van der Waals surface area contributed by atoms with E-state index in [1.165, 1.54) is 0 Å². The van der Waals surface area contributed by atoms with Gasteiger partial charge in [0.05, 0.1) is 44.5 Å². The van der Waals surface area contributed by atoms with E-state index < -0.39 is 201 Å². The third kappa shape index (κ3) is 13.2. The summed E-state index contributed by atoms with van der Waals surface area (Å²) in [4.78, 5) is 11.7. The first-order chi connectivity index (χ1) is 35.0. The number of hydrogen-bond acceptors (Lipinski definition) is 1. The molecule has 1 amide bonds. The molecule has 1 aromatic heterocycles. The topological polar surface area (TPSA) is 47.0 Å². The highest BCUT2D eigenvalue weighted by atomic mass is 19.4. The molecule has 0 atom stereocenters. The lowest BCUT2D eigenvalue weighted by molar-refractivity contribution is -0.688. The zero-order valence-electron chi connectivity index (χ0n) is 37.6. The van der Waals surface area contributed by atoms with Gasteiger partial charge in [0, 0.05) is 17.0 Å². The van der Waals surface area contributed by atoms with Gasteiger partial charge in [-0.1, -0.05) is 97.1 Å². The predicted molar refractivity (Wildman–Crippen MR) is 228 cm³/mol. The van der Waals surface area contributed by atoms with E-state index in [0.717, 1.165) is 16.3 Å². The number of alkyl halides is 24. The van der Waals surface area contributed by atoms with Crippen LogP contribution in [0.1, 0.15) is 60.6 Å². The van der Waals surface area contributed by atoms with Gasteiger partial charge in [0.25, 0.3) is 5.69 Å². The zero-order chi connectivity index (χ0) is 57.9. The maximum absolute atomic E-state index is 14.2. The first-order valence-electron chi connectivity index (χ1n) is 21.1. The second-order valence-corrected chi connectivity index (χ2v) is 17.0. The van der Waals surface area contributed by atoms with Gasteiger partial charge < -0.3 is 5.73 Å². The molecule has 0 fully saturated rings. The summed E-state index contributed by atoms with van der Waals surface area (Å²) in [5.74, 6) is -0.410. The number of primary amides is 1. The summed E-state index contributed by atoms with van der Waals surface area (Å²) < 4.78 is 343. The summed E-state index contributed by atoms with van der Waals surface area (Å²) in [6, 6.07) is 11.0. The standard InChI is InChI=1S/C32H12BF24.C17H14N2O/c34-25(35,36)13-1-14(26(37,38)39)6-21(5-13)33(22-7-15(27(40,41)42)2-16(8-22)28(43,44)45,23-9-17(29(46,47)48)3-18(10-23)30(49,50)51)24-11-19(31(52,53)54)4-20(12-24)32(55,56)57;18-17(20)16-10-14-8-4-5-9-15(14)12-19(16)11-13-6-2-1-3-7-13/h1-12H;1-10,12H,11H2,(H-,18,20)/q-1;/p+1. The zero-order valence-corrected chi connectivity index (χ0v) is 37.6. The molecule has 7 rings (SSSR count). The van der Waals surface area contributed by atoms with Crippen LogP contribution in [0.2, 0.25) is 0 Å². The Balaban J connectivity index is 0.000000397. The van der Waals surface area contributed by atoms with Crippen molar-refractivity contribution in [2.45, 2.75) is 56.0 Å². The fourth-order valence-electron chi connectivity index (χ4n) is 8.42. The monoisotopic (exact) mass is 1130 g/mol. The van der Waals surface area contributed by atoms with Crippen LogP contribution in [-0.4, -0.2) is 12.1 Å². The number of rotatable bonds is 7. The Kier molecular flexibility index (Phi) is 15.4. The Hall–Kier alpha value is -7.42. The van der Waals surface area contributed by atoms with Gasteiger partial charge in [0.2, 0.25) is 0 Å². The molecule has 0 aliphatic heterocycles. The Morgan fingerprint density at radius 2 is 0.597 bits per heavy atom. The minimum absolute atomic E-state index is 0.410. The maximum atomic E-state index is 14.2. The van der Waals surface area contributed by atoms with E-state index in [1.54, 1.807) is 0 Å². The lowest BCUT2D eigenvalue weighted by Crippen LogP contribution is -2.75. The lowest BCUT2D eigenvalue weighted by Gasteiger charge is -2.46. The van der Waals surface area contributed by atoms with E-state index in [4.69, 9.17) is 5.73 Å². The number of hydrogen-bond donors (Lipinski definition) is 1. The van der Waals surface area contributed by atoms with Gasteiger partial charge in [-0.05, 0) is 35.7 Å². The normalized spacial score (nSPS) is 13.4. The Labute approximate surface area is 416 Å². The average molecular weight is 1130 g/mol. The second kappa shape index (κ2) is 20.2. The number of nitrogens with two attached hydrogens (primary N) is 1. The van der Waals surface area contributed by atoms with Crippen molar-refractivity contribution in [3.63, 3.8) is 0 Å². The van der Waals surface area contributed by atoms with E-state index in [1.807, 2.05) is 71.4 Å². The van der Waals surface area contributed by atoms with Crippen molar-refractivity contribution in [3.8, 4) is 0 Å². The molecule has 0 saturated carbocycles. The molecule has 0 saturated heterocycles. The van der Waals surface area contributed by atoms with E-state index >= 15 is 0 Å². The number of carbonyl (C=O) groups excluding carboxylic acids is 1. The van der Waals surface area contributed by atoms with Crippen LogP contribution >= 0.6 is 0 Å². The van der Waals surface area contributed by atoms with Gasteiger partial charge in [-0.2, -0.15) is 132 Å². The number of carbonyl (C=O) groups is 1. The highest BCUT2D eigenvalue weighted by Gasteiger charge is 2.47. The van der Waals surface area contributed by atoms with Crippen LogP contribution in [0.4, 0.5) is 105 Å². The number of amides is 1. The van der Waals surface area contributed by atoms with Crippen LogP contribution in [0.3, 0.4) is 0 Å². The van der Waals surface area contributed by atoms with Gasteiger partial charge in [-0.3, -0.25) is 4.79 Å². The summed E-state index contributed by atoms with van der Waals surface area (Å²) in [6.07, 6.45) is -52.8. The minimum atomic E-state index is -6.13. The summed E-state index contributed by atoms with van der Waals surface area (Å²) in [5, 5.41) is 2.11. The lowest BCUT2D eigenvalue weighted by atomic mass is 9.12. The molecule has 0 unspecified atom stereocenters. The van der Waals surface area contributed by atoms with Gasteiger partial charge >= 0.3 is 55.3 Å². The maximum Gasteiger partial charge on any atom is 0.416 e. The van der Waals surface area contributed by atoms with E-state index in [0.29, 0.717) is 12.2 Å². The number of nitrogens with zero attached hydrogens (tertiary/aromatic N) is 1. The van der Waals surface area contributed by atoms with Crippen molar-refractivity contribution in [2.24, 2.45) is 5.73 Å². The van der Waals surface area contributed by atoms with Crippen LogP contribution < -0.4 is 32.2 Å². The molecule has 2 N–H and O–H groups in total. The Morgan fingerprint density at radius 1 is 0.351 bits per heavy atom. The number of halogens is 24. The molecular weight excluding hydrogens is 1100 g/mol. The summed E-state index contributed by atoms with van der Waals surface area (Å²) >= 11 is 0. The molecule has 7 aromatic rings. The highest BCUT2D eigenvalue weighted by Crippen LogP contribution is 2.41. The summed E-state index contributed by atoms with van der Waals surface area (Å²) in [7, 11) is 0. The molecule has 6 aromatic carbocycles. The van der Waals surface area contributed by atoms with Crippen LogP contribution in [0.15, 0.2) is 140 Å². The fourth-order valence-corrected chi connectivity index (χ4v) is 8.42. The summed E-state index contributed by atoms with van der Waals surface area (Å²) in [5.41, 5.74) is -23.0. The highest BCUT2D eigenvalue weighted by molar-refractivity contribution is 7.20. The first-order valence-corrected chi connectivity index (χ1v) is 21.1. The molecular formula is C49H27BF24N2O. The van der Waals surface area contributed by atoms with E-state index in [2.05, 4.69) is 0 Å². The predicted octanol–water partition coefficient (Wildman–Crippen LogP) is 13.5. The molecule has 0 aliphatic carbocycles. The van der Waals surface area contributed by atoms with E-state index in [-0.39, 0.29) is 0 Å². The van der Waals surface area contributed by atoms with Crippen LogP contribution in [0, 0.1) is 0 Å². The minimum Gasteiger partial charge on any atom is -0.360 e. The second-order valence-electron chi connectivity index (χ2n) is 17.0. The van der Waals surface area contributed by atoms with E-state index in [9.17, 15) is 110 Å². The van der Waals surface area contributed by atoms with Gasteiger partial charge in [-0.25, -0.2) is 0 Å². The molecule has 3 nitrogen and oxygen atoms in total. The Bertz CT molecular complexity index is 2870. The van der Waals surface area contributed by atoms with Gasteiger partial charge in [0.15, 0.2) is 12.7 Å². The number of benzene rings is 6. The third-order valence-corrected chi connectivity index (χ3v) is 11.8. The largest absolute Gasteiger partial charge is 0.416 e. The average Bonchev–Trinajstić information content (AvgIpc) is 3.29. The molecule has 0 bridgehead atoms. The number of aromatic nitrogens is 1. The van der Waals surface area contributed by atoms with Crippen LogP contribution in [0.25, 0.3) is 10.8 Å².